The topological polar surface area (TPSA) is 541 Å². The Morgan fingerprint density at radius 1 is 0.442 bits per heavy atom. The van der Waals surface area contributed by atoms with Crippen LogP contribution in [0.2, 0.25) is 0 Å². The number of aliphatic hydroxyl groups excluding tert-OH is 15. The van der Waals surface area contributed by atoms with Gasteiger partial charge in [-0.15, -0.1) is 0 Å². The summed E-state index contributed by atoms with van der Waals surface area (Å²) in [4.78, 5) is 42.6. The SMILES string of the molecule is NOC[C@H](O)[C@@H](O)[C@H](O)[C@H](O)CO.NOC[C@H](O)[C@@H](O)[C@H](O)[C@H](O)CO.NOC[C@H](O)[C@@H](O)[C@H](O)[C@H](O)CO.O=C(O)CC(O)(CC(=O)O)C(=O)O. The Labute approximate surface area is 293 Å². The quantitative estimate of drug-likeness (QED) is 0.0428. The lowest BCUT2D eigenvalue weighted by Crippen LogP contribution is -2.47. The average Bonchev–Trinajstić information content (AvgIpc) is 3.08. The molecule has 0 saturated heterocycles. The van der Waals surface area contributed by atoms with E-state index in [1.54, 1.807) is 0 Å². The molecule has 0 aromatic heterocycles. The highest BCUT2D eigenvalue weighted by Gasteiger charge is 2.41. The number of hydrogen-bond donors (Lipinski definition) is 22. The molecule has 12 atom stereocenters. The molecule has 0 heterocycles. The fourth-order valence-electron chi connectivity index (χ4n) is 3.00. The van der Waals surface area contributed by atoms with Gasteiger partial charge in [0.1, 0.15) is 73.2 Å². The third-order valence-electron chi connectivity index (χ3n) is 6.06. The van der Waals surface area contributed by atoms with E-state index in [9.17, 15) is 14.4 Å². The van der Waals surface area contributed by atoms with Crippen molar-refractivity contribution < 1.29 is 126 Å². The van der Waals surface area contributed by atoms with Crippen LogP contribution in [0.3, 0.4) is 0 Å². The van der Waals surface area contributed by atoms with Gasteiger partial charge in [0.25, 0.3) is 0 Å². The summed E-state index contributed by atoms with van der Waals surface area (Å²) in [5, 5.41) is 167. The van der Waals surface area contributed by atoms with Crippen LogP contribution in [0.25, 0.3) is 0 Å². The van der Waals surface area contributed by atoms with Crippen molar-refractivity contribution in [3.05, 3.63) is 0 Å². The molecule has 52 heavy (non-hydrogen) atoms. The molecule has 0 saturated carbocycles. The Kier molecular flexibility index (Phi) is 33.5. The standard InChI is InChI=1S/3C6H15NO6.C6H8O7/c3*7-13-2-4(10)6(12)5(11)3(9)1-8;7-3(8)1-6(13,5(11)12)2-4(9)10/h3*3-6,8-12H,1-2,7H2;13H,1-2H2,(H,7,8)(H,9,10)(H,11,12)/t3*3-,4+,5-,6-;/m111./s1. The van der Waals surface area contributed by atoms with E-state index in [1.165, 1.54) is 0 Å². The molecule has 0 fully saturated rings. The maximum absolute atomic E-state index is 10.3. The van der Waals surface area contributed by atoms with E-state index in [4.69, 9.17) is 97.0 Å². The van der Waals surface area contributed by atoms with Crippen LogP contribution in [0.15, 0.2) is 0 Å². The minimum absolute atomic E-state index is 0.379. The fraction of sp³-hybridized carbons (Fsp3) is 0.875. The van der Waals surface area contributed by atoms with Gasteiger partial charge in [-0.2, -0.15) is 0 Å². The zero-order valence-corrected chi connectivity index (χ0v) is 27.3. The van der Waals surface area contributed by atoms with Crippen molar-refractivity contribution in [3.63, 3.8) is 0 Å². The van der Waals surface area contributed by atoms with E-state index < -0.39 is 129 Å². The summed E-state index contributed by atoms with van der Waals surface area (Å²) in [6, 6.07) is 0. The molecule has 25 N–H and O–H groups in total. The van der Waals surface area contributed by atoms with Crippen LogP contribution < -0.4 is 17.7 Å². The predicted molar refractivity (Wildman–Crippen MR) is 161 cm³/mol. The fourth-order valence-corrected chi connectivity index (χ4v) is 3.00. The minimum atomic E-state index is -2.74. The first-order valence-electron chi connectivity index (χ1n) is 14.2. The summed E-state index contributed by atoms with van der Waals surface area (Å²) < 4.78 is 0. The van der Waals surface area contributed by atoms with E-state index in [0.717, 1.165) is 0 Å². The molecule has 0 bridgehead atoms. The number of carbonyl (C=O) groups is 3. The van der Waals surface area contributed by atoms with Crippen LogP contribution >= 0.6 is 0 Å². The maximum Gasteiger partial charge on any atom is 0.336 e. The second-order valence-corrected chi connectivity index (χ2v) is 10.4. The van der Waals surface area contributed by atoms with Crippen LogP contribution in [0.4, 0.5) is 0 Å². The lowest BCUT2D eigenvalue weighted by molar-refractivity contribution is -0.170. The summed E-state index contributed by atoms with van der Waals surface area (Å²) >= 11 is 0. The molecule has 314 valence electrons. The summed E-state index contributed by atoms with van der Waals surface area (Å²) in [7, 11) is 0. The first kappa shape index (κ1) is 56.3. The zero-order chi connectivity index (χ0) is 41.9. The lowest BCUT2D eigenvalue weighted by atomic mass is 9.96. The number of hydrogen-bond acceptors (Lipinski definition) is 25. The number of nitrogens with two attached hydrogens (primary N) is 3. The molecule has 28 nitrogen and oxygen atoms in total. The molecule has 0 aromatic rings. The molecule has 0 aliphatic rings. The molecular formula is C24H53N3O25. The number of carboxylic acid groups (broad SMARTS) is 3. The molecule has 0 rings (SSSR count). The van der Waals surface area contributed by atoms with Gasteiger partial charge in [0.2, 0.25) is 0 Å². The number of carboxylic acids is 3. The van der Waals surface area contributed by atoms with Crippen LogP contribution in [0.1, 0.15) is 12.8 Å². The van der Waals surface area contributed by atoms with E-state index in [1.807, 2.05) is 0 Å². The van der Waals surface area contributed by atoms with Gasteiger partial charge in [-0.05, 0) is 0 Å². The summed E-state index contributed by atoms with van der Waals surface area (Å²) in [6.07, 6.45) is -20.9. The molecule has 28 heteroatoms. The second-order valence-electron chi connectivity index (χ2n) is 10.4. The number of aliphatic carboxylic acids is 3. The van der Waals surface area contributed by atoms with E-state index in [-0.39, 0.29) is 19.8 Å². The molecule has 0 amide bonds. The molecule has 0 radical (unpaired) electrons. The van der Waals surface area contributed by atoms with Crippen molar-refractivity contribution in [2.75, 3.05) is 39.6 Å². The van der Waals surface area contributed by atoms with Gasteiger partial charge in [-0.25, -0.2) is 22.5 Å². The molecule has 0 aromatic carbocycles. The summed E-state index contributed by atoms with van der Waals surface area (Å²) in [6.45, 7) is -3.28. The van der Waals surface area contributed by atoms with Gasteiger partial charge in [-0.1, -0.05) is 0 Å². The maximum atomic E-state index is 10.3. The third kappa shape index (κ3) is 24.7. The highest BCUT2D eigenvalue weighted by atomic mass is 16.6. The third-order valence-corrected chi connectivity index (χ3v) is 6.06. The number of rotatable bonds is 23. The van der Waals surface area contributed by atoms with E-state index in [0.29, 0.717) is 0 Å². The normalized spacial score (nSPS) is 18.3. The smallest absolute Gasteiger partial charge is 0.336 e. The zero-order valence-electron chi connectivity index (χ0n) is 27.3. The Morgan fingerprint density at radius 2 is 0.635 bits per heavy atom. The van der Waals surface area contributed by atoms with Crippen molar-refractivity contribution in [3.8, 4) is 0 Å². The second kappa shape index (κ2) is 30.9. The summed E-state index contributed by atoms with van der Waals surface area (Å²) in [5.74, 6) is 8.82. The van der Waals surface area contributed by atoms with Gasteiger partial charge in [0, 0.05) is 0 Å². The van der Waals surface area contributed by atoms with Crippen LogP contribution in [0, 0.1) is 0 Å². The number of aliphatic hydroxyl groups is 16. The molecule has 0 aliphatic carbocycles. The molecule has 0 unspecified atom stereocenters. The van der Waals surface area contributed by atoms with Crippen molar-refractivity contribution in [1.29, 1.82) is 0 Å². The highest BCUT2D eigenvalue weighted by Crippen LogP contribution is 2.15. The van der Waals surface area contributed by atoms with E-state index >= 15 is 0 Å². The lowest BCUT2D eigenvalue weighted by Gasteiger charge is -2.24. The predicted octanol–water partition coefficient (Wildman–Crippen LogP) is -12.3. The molecule has 0 spiro atoms. The van der Waals surface area contributed by atoms with Crippen molar-refractivity contribution >= 4 is 17.9 Å². The van der Waals surface area contributed by atoms with Crippen LogP contribution in [0.5, 0.6) is 0 Å². The Hall–Kier alpha value is -2.47. The van der Waals surface area contributed by atoms with Gasteiger partial charge in [0.15, 0.2) is 5.60 Å². The first-order valence-corrected chi connectivity index (χ1v) is 14.2. The van der Waals surface area contributed by atoms with Gasteiger partial charge >= 0.3 is 17.9 Å². The Morgan fingerprint density at radius 3 is 0.769 bits per heavy atom. The van der Waals surface area contributed by atoms with Gasteiger partial charge in [0.05, 0.1) is 52.5 Å². The summed E-state index contributed by atoms with van der Waals surface area (Å²) in [5.41, 5.74) is -2.74. The average molecular weight is 784 g/mol. The first-order chi connectivity index (χ1) is 23.9. The van der Waals surface area contributed by atoms with Gasteiger partial charge in [-0.3, -0.25) is 9.59 Å². The Bertz CT molecular complexity index is 837. The van der Waals surface area contributed by atoms with Crippen molar-refractivity contribution in [2.45, 2.75) is 91.7 Å². The molecular weight excluding hydrogens is 730 g/mol. The van der Waals surface area contributed by atoms with Crippen molar-refractivity contribution in [2.24, 2.45) is 17.7 Å². The van der Waals surface area contributed by atoms with Gasteiger partial charge < -0.3 is 112 Å². The van der Waals surface area contributed by atoms with E-state index in [2.05, 4.69) is 32.2 Å². The highest BCUT2D eigenvalue weighted by molar-refractivity contribution is 5.88. The van der Waals surface area contributed by atoms with Crippen molar-refractivity contribution in [1.82, 2.24) is 0 Å². The minimum Gasteiger partial charge on any atom is -0.481 e. The van der Waals surface area contributed by atoms with Crippen LogP contribution in [-0.4, -0.2) is 233 Å². The molecule has 0 aliphatic heterocycles. The van der Waals surface area contributed by atoms with Crippen LogP contribution in [-0.2, 0) is 28.9 Å². The monoisotopic (exact) mass is 783 g/mol. The Balaban J connectivity index is -0.000000295. The largest absolute Gasteiger partial charge is 0.481 e.